The maximum Gasteiger partial charge on any atom is 0.386 e. The van der Waals surface area contributed by atoms with Crippen LogP contribution in [-0.2, 0) is 13.6 Å². The van der Waals surface area contributed by atoms with Gasteiger partial charge in [0.1, 0.15) is 0 Å². The van der Waals surface area contributed by atoms with Gasteiger partial charge in [-0.15, -0.1) is 0 Å². The van der Waals surface area contributed by atoms with Crippen molar-refractivity contribution in [3.8, 4) is 0 Å². The third-order valence-corrected chi connectivity index (χ3v) is 2.30. The van der Waals surface area contributed by atoms with E-state index in [1.54, 1.807) is 0 Å². The highest BCUT2D eigenvalue weighted by molar-refractivity contribution is 8.44. The van der Waals surface area contributed by atoms with Crippen LogP contribution in [0.1, 0.15) is 0 Å². The molecule has 0 aromatic rings. The van der Waals surface area contributed by atoms with E-state index in [1.807, 2.05) is 0 Å². The van der Waals surface area contributed by atoms with Gasteiger partial charge in [0.25, 0.3) is 0 Å². The summed E-state index contributed by atoms with van der Waals surface area (Å²) in [6.45, 7) is -2.04. The van der Waals surface area contributed by atoms with Crippen molar-refractivity contribution in [2.24, 2.45) is 0 Å². The molecule has 1 aliphatic heterocycles. The molecule has 0 atom stereocenters. The average Bonchev–Trinajstić information content (AvgIpc) is 1.84. The smallest absolute Gasteiger partial charge is 0.298 e. The van der Waals surface area contributed by atoms with Crippen molar-refractivity contribution in [2.45, 2.75) is 0 Å². The Labute approximate surface area is 46.7 Å². The standard InChI is InChI=1S/C2H5O3PS/c3-6(7)4-1-2-5-6/h1-2H2,(H,3,7). The molecule has 1 rings (SSSR count). The summed E-state index contributed by atoms with van der Waals surface area (Å²) in [4.78, 5) is 0. The van der Waals surface area contributed by atoms with Crippen molar-refractivity contribution in [1.82, 2.24) is 0 Å². The van der Waals surface area contributed by atoms with Crippen molar-refractivity contribution in [2.75, 3.05) is 13.2 Å². The van der Waals surface area contributed by atoms with E-state index in [0.717, 1.165) is 0 Å². The SMILES string of the molecule is O=P1(S)OCCO1. The zero-order valence-electron chi connectivity index (χ0n) is 3.53. The molecule has 5 heteroatoms. The van der Waals surface area contributed by atoms with Crippen molar-refractivity contribution in [3.63, 3.8) is 0 Å². The zero-order chi connectivity index (χ0) is 5.33. The predicted molar refractivity (Wildman–Crippen MR) is 28.5 cm³/mol. The lowest BCUT2D eigenvalue weighted by molar-refractivity contribution is 0.365. The number of hydrogen-bond donors (Lipinski definition) is 1. The van der Waals surface area contributed by atoms with Crippen LogP contribution in [0.5, 0.6) is 0 Å². The van der Waals surface area contributed by atoms with E-state index in [-0.39, 0.29) is 0 Å². The molecule has 1 saturated heterocycles. The summed E-state index contributed by atoms with van der Waals surface area (Å²) in [6, 6.07) is 0. The summed E-state index contributed by atoms with van der Waals surface area (Å²) in [5.41, 5.74) is 0. The summed E-state index contributed by atoms with van der Waals surface area (Å²) >= 11 is 3.56. The van der Waals surface area contributed by atoms with Gasteiger partial charge in [-0.05, 0) is 0 Å². The molecule has 7 heavy (non-hydrogen) atoms. The predicted octanol–water partition coefficient (Wildman–Crippen LogP) is 1.07. The van der Waals surface area contributed by atoms with Crippen LogP contribution in [0.3, 0.4) is 0 Å². The second-order valence-electron chi connectivity index (χ2n) is 1.14. The third kappa shape index (κ3) is 1.46. The van der Waals surface area contributed by atoms with Gasteiger partial charge in [0.15, 0.2) is 0 Å². The second-order valence-corrected chi connectivity index (χ2v) is 4.06. The van der Waals surface area contributed by atoms with Crippen LogP contribution < -0.4 is 0 Å². The maximum atomic E-state index is 10.4. The Morgan fingerprint density at radius 1 is 1.43 bits per heavy atom. The Hall–Kier alpha value is 0.500. The van der Waals surface area contributed by atoms with Gasteiger partial charge in [-0.3, -0.25) is 9.05 Å². The Morgan fingerprint density at radius 3 is 2.00 bits per heavy atom. The molecular formula is C2H5O3PS. The van der Waals surface area contributed by atoms with Crippen molar-refractivity contribution >= 4 is 19.0 Å². The van der Waals surface area contributed by atoms with Gasteiger partial charge >= 0.3 is 6.80 Å². The summed E-state index contributed by atoms with van der Waals surface area (Å²) in [7, 11) is 0. The Morgan fingerprint density at radius 2 is 1.86 bits per heavy atom. The van der Waals surface area contributed by atoms with Crippen molar-refractivity contribution < 1.29 is 13.6 Å². The normalized spacial score (nSPS) is 28.1. The fourth-order valence-electron chi connectivity index (χ4n) is 0.343. The monoisotopic (exact) mass is 140 g/mol. The van der Waals surface area contributed by atoms with E-state index in [2.05, 4.69) is 21.3 Å². The minimum atomic E-state index is -2.85. The van der Waals surface area contributed by atoms with E-state index < -0.39 is 6.80 Å². The first-order valence-electron chi connectivity index (χ1n) is 1.83. The third-order valence-electron chi connectivity index (χ3n) is 0.592. The maximum absolute atomic E-state index is 10.4. The molecule has 0 aromatic heterocycles. The fourth-order valence-corrected chi connectivity index (χ4v) is 1.52. The van der Waals surface area contributed by atoms with E-state index in [4.69, 9.17) is 0 Å². The molecule has 1 aliphatic rings. The summed E-state index contributed by atoms with van der Waals surface area (Å²) in [5.74, 6) is 0. The van der Waals surface area contributed by atoms with E-state index >= 15 is 0 Å². The van der Waals surface area contributed by atoms with Gasteiger partial charge in [-0.1, -0.05) is 12.2 Å². The molecule has 0 saturated carbocycles. The topological polar surface area (TPSA) is 35.5 Å². The molecule has 1 heterocycles. The molecule has 0 radical (unpaired) electrons. The quantitative estimate of drug-likeness (QED) is 0.403. The van der Waals surface area contributed by atoms with Crippen molar-refractivity contribution in [3.05, 3.63) is 0 Å². The van der Waals surface area contributed by atoms with Crippen LogP contribution in [0.2, 0.25) is 0 Å². The molecule has 0 N–H and O–H groups in total. The van der Waals surface area contributed by atoms with E-state index in [9.17, 15) is 4.57 Å². The van der Waals surface area contributed by atoms with Crippen LogP contribution in [-0.4, -0.2) is 13.2 Å². The van der Waals surface area contributed by atoms with Gasteiger partial charge in [-0.2, -0.15) is 0 Å². The number of thiol groups is 1. The average molecular weight is 140 g/mol. The van der Waals surface area contributed by atoms with Crippen molar-refractivity contribution in [1.29, 1.82) is 0 Å². The van der Waals surface area contributed by atoms with Gasteiger partial charge in [0.05, 0.1) is 13.2 Å². The van der Waals surface area contributed by atoms with Gasteiger partial charge in [-0.25, -0.2) is 4.57 Å². The molecule has 0 unspecified atom stereocenters. The summed E-state index contributed by atoms with van der Waals surface area (Å²) in [5, 5.41) is 0. The second kappa shape index (κ2) is 1.78. The fraction of sp³-hybridized carbons (Fsp3) is 1.00. The van der Waals surface area contributed by atoms with Crippen LogP contribution in [0.25, 0.3) is 0 Å². The lowest BCUT2D eigenvalue weighted by Crippen LogP contribution is -1.79. The lowest BCUT2D eigenvalue weighted by Gasteiger charge is -1.95. The van der Waals surface area contributed by atoms with Gasteiger partial charge in [0.2, 0.25) is 0 Å². The van der Waals surface area contributed by atoms with E-state index in [0.29, 0.717) is 13.2 Å². The van der Waals surface area contributed by atoms with Crippen LogP contribution in [0.4, 0.5) is 0 Å². The molecule has 3 nitrogen and oxygen atoms in total. The molecule has 42 valence electrons. The van der Waals surface area contributed by atoms with E-state index in [1.165, 1.54) is 0 Å². The summed E-state index contributed by atoms with van der Waals surface area (Å²) in [6.07, 6.45) is 0. The molecule has 0 aliphatic carbocycles. The number of rotatable bonds is 0. The molecule has 0 amide bonds. The minimum Gasteiger partial charge on any atom is -0.298 e. The first-order valence-corrected chi connectivity index (χ1v) is 4.52. The largest absolute Gasteiger partial charge is 0.386 e. The zero-order valence-corrected chi connectivity index (χ0v) is 5.32. The van der Waals surface area contributed by atoms with Gasteiger partial charge < -0.3 is 0 Å². The molecular weight excluding hydrogens is 135 g/mol. The molecule has 1 fully saturated rings. The first kappa shape index (κ1) is 5.63. The van der Waals surface area contributed by atoms with Crippen LogP contribution in [0, 0.1) is 0 Å². The van der Waals surface area contributed by atoms with Gasteiger partial charge in [0, 0.05) is 0 Å². The lowest BCUT2D eigenvalue weighted by atomic mass is 10.8. The van der Waals surface area contributed by atoms with Crippen LogP contribution in [0.15, 0.2) is 0 Å². The molecule has 0 spiro atoms. The molecule has 0 aromatic carbocycles. The highest BCUT2D eigenvalue weighted by Crippen LogP contribution is 2.55. The highest BCUT2D eigenvalue weighted by atomic mass is 32.7. The first-order chi connectivity index (χ1) is 3.21. The van der Waals surface area contributed by atoms with Crippen LogP contribution >= 0.6 is 19.0 Å². The Balaban J connectivity index is 2.57. The Bertz CT molecular complexity index is 104. The highest BCUT2D eigenvalue weighted by Gasteiger charge is 2.23. The summed E-state index contributed by atoms with van der Waals surface area (Å²) < 4.78 is 19.5. The Kier molecular flexibility index (Phi) is 1.44. The minimum absolute atomic E-state index is 0.404. The number of hydrogen-bond acceptors (Lipinski definition) is 3. The molecule has 0 bridgehead atoms.